The fraction of sp³-hybridized carbons (Fsp3) is 0.600. The van der Waals surface area contributed by atoms with Crippen LogP contribution in [-0.2, 0) is 4.74 Å². The molecule has 1 fully saturated rings. The van der Waals surface area contributed by atoms with Crippen LogP contribution in [-0.4, -0.2) is 67.1 Å². The van der Waals surface area contributed by atoms with Crippen LogP contribution in [0.5, 0.6) is 0 Å². The zero-order chi connectivity index (χ0) is 15.2. The van der Waals surface area contributed by atoms with Crippen molar-refractivity contribution in [3.8, 4) is 0 Å². The van der Waals surface area contributed by atoms with E-state index >= 15 is 0 Å². The molecule has 1 aliphatic heterocycles. The number of amides is 1. The van der Waals surface area contributed by atoms with Crippen LogP contribution in [0.2, 0.25) is 5.02 Å². The van der Waals surface area contributed by atoms with Crippen molar-refractivity contribution in [2.45, 2.75) is 13.3 Å². The lowest BCUT2D eigenvalue weighted by Crippen LogP contribution is -2.36. The summed E-state index contributed by atoms with van der Waals surface area (Å²) in [6.45, 7) is 6.82. The molecule has 0 radical (unpaired) electrons. The highest BCUT2D eigenvalue weighted by atomic mass is 35.5. The van der Waals surface area contributed by atoms with Gasteiger partial charge in [-0.2, -0.15) is 0 Å². The van der Waals surface area contributed by atoms with Crippen molar-refractivity contribution >= 4 is 17.5 Å². The van der Waals surface area contributed by atoms with Gasteiger partial charge in [-0.25, -0.2) is 0 Å². The number of rotatable bonds is 4. The molecule has 1 aromatic heterocycles. The molecule has 0 bridgehead atoms. The summed E-state index contributed by atoms with van der Waals surface area (Å²) in [6.07, 6.45) is 2.54. The first kappa shape index (κ1) is 16.2. The molecule has 0 spiro atoms. The van der Waals surface area contributed by atoms with Gasteiger partial charge in [-0.3, -0.25) is 14.7 Å². The molecule has 0 aliphatic carbocycles. The second-order valence-corrected chi connectivity index (χ2v) is 5.69. The molecule has 6 heteroatoms. The highest BCUT2D eigenvalue weighted by Crippen LogP contribution is 2.18. The van der Waals surface area contributed by atoms with Crippen LogP contribution in [0.25, 0.3) is 0 Å². The summed E-state index contributed by atoms with van der Waals surface area (Å²) in [5.41, 5.74) is 1.31. The van der Waals surface area contributed by atoms with Crippen LogP contribution in [0.3, 0.4) is 0 Å². The van der Waals surface area contributed by atoms with Crippen LogP contribution < -0.4 is 0 Å². The average Bonchev–Trinajstić information content (AvgIpc) is 2.70. The Balaban J connectivity index is 1.99. The van der Waals surface area contributed by atoms with E-state index in [1.54, 1.807) is 19.4 Å². The number of methoxy groups -OCH3 is 1. The fourth-order valence-corrected chi connectivity index (χ4v) is 2.76. The van der Waals surface area contributed by atoms with Crippen molar-refractivity contribution in [1.82, 2.24) is 14.8 Å². The Morgan fingerprint density at radius 3 is 2.90 bits per heavy atom. The number of nitrogens with zero attached hydrogens (tertiary/aromatic N) is 3. The Labute approximate surface area is 130 Å². The minimum Gasteiger partial charge on any atom is -0.383 e. The Kier molecular flexibility index (Phi) is 5.96. The highest BCUT2D eigenvalue weighted by molar-refractivity contribution is 6.33. The van der Waals surface area contributed by atoms with Gasteiger partial charge in [0.2, 0.25) is 0 Å². The van der Waals surface area contributed by atoms with Gasteiger partial charge in [-0.05, 0) is 26.0 Å². The second-order valence-electron chi connectivity index (χ2n) is 5.29. The first-order valence-corrected chi connectivity index (χ1v) is 7.62. The molecule has 1 aromatic rings. The average molecular weight is 312 g/mol. The van der Waals surface area contributed by atoms with Crippen LogP contribution in [0.1, 0.15) is 22.5 Å². The van der Waals surface area contributed by atoms with Crippen LogP contribution >= 0.6 is 11.6 Å². The zero-order valence-corrected chi connectivity index (χ0v) is 13.4. The van der Waals surface area contributed by atoms with Crippen molar-refractivity contribution < 1.29 is 9.53 Å². The molecule has 5 nitrogen and oxygen atoms in total. The van der Waals surface area contributed by atoms with E-state index in [0.717, 1.165) is 44.9 Å². The van der Waals surface area contributed by atoms with Gasteiger partial charge < -0.3 is 9.64 Å². The monoisotopic (exact) mass is 311 g/mol. The van der Waals surface area contributed by atoms with E-state index in [2.05, 4.69) is 9.88 Å². The zero-order valence-electron chi connectivity index (χ0n) is 12.6. The maximum Gasteiger partial charge on any atom is 0.256 e. The summed E-state index contributed by atoms with van der Waals surface area (Å²) in [4.78, 5) is 20.9. The first-order valence-electron chi connectivity index (χ1n) is 7.24. The van der Waals surface area contributed by atoms with Crippen LogP contribution in [0.15, 0.2) is 12.3 Å². The molecular weight excluding hydrogens is 290 g/mol. The smallest absolute Gasteiger partial charge is 0.256 e. The molecule has 2 rings (SSSR count). The van der Waals surface area contributed by atoms with E-state index in [1.165, 1.54) is 0 Å². The minimum absolute atomic E-state index is 0.0268. The van der Waals surface area contributed by atoms with Gasteiger partial charge in [0.05, 0.1) is 17.2 Å². The molecule has 2 heterocycles. The number of pyridine rings is 1. The predicted molar refractivity (Wildman–Crippen MR) is 82.8 cm³/mol. The molecule has 1 amide bonds. The number of aromatic nitrogens is 1. The standard InChI is InChI=1S/C15H22ClN3O2/c1-12-10-14(16)13(11-17-12)15(20)19-5-3-4-18(6-7-19)8-9-21-2/h10-11H,3-9H2,1-2H3. The lowest BCUT2D eigenvalue weighted by atomic mass is 10.2. The molecule has 116 valence electrons. The number of halogens is 1. The van der Waals surface area contributed by atoms with Gasteiger partial charge in [0.25, 0.3) is 5.91 Å². The summed E-state index contributed by atoms with van der Waals surface area (Å²) in [5.74, 6) is -0.0268. The number of aryl methyl sites for hydroxylation is 1. The summed E-state index contributed by atoms with van der Waals surface area (Å²) in [6, 6.07) is 1.73. The van der Waals surface area contributed by atoms with Gasteiger partial charge in [-0.1, -0.05) is 11.6 Å². The normalized spacial score (nSPS) is 16.8. The maximum atomic E-state index is 12.6. The van der Waals surface area contributed by atoms with Crippen molar-refractivity contribution in [2.24, 2.45) is 0 Å². The molecule has 1 saturated heterocycles. The van der Waals surface area contributed by atoms with Crippen LogP contribution in [0.4, 0.5) is 0 Å². The second kappa shape index (κ2) is 7.73. The molecule has 0 saturated carbocycles. The third-order valence-electron chi connectivity index (χ3n) is 3.71. The van der Waals surface area contributed by atoms with Gasteiger partial charge in [0, 0.05) is 45.2 Å². The summed E-state index contributed by atoms with van der Waals surface area (Å²) < 4.78 is 5.11. The van der Waals surface area contributed by atoms with E-state index in [9.17, 15) is 4.79 Å². The Bertz CT molecular complexity index is 496. The summed E-state index contributed by atoms with van der Waals surface area (Å²) in [5, 5.41) is 0.480. The Hall–Kier alpha value is -1.17. The van der Waals surface area contributed by atoms with Gasteiger partial charge in [0.1, 0.15) is 0 Å². The van der Waals surface area contributed by atoms with E-state index < -0.39 is 0 Å². The van der Waals surface area contributed by atoms with Gasteiger partial charge >= 0.3 is 0 Å². The van der Waals surface area contributed by atoms with Crippen molar-refractivity contribution in [3.05, 3.63) is 28.5 Å². The Morgan fingerprint density at radius 2 is 2.19 bits per heavy atom. The highest BCUT2D eigenvalue weighted by Gasteiger charge is 2.22. The largest absolute Gasteiger partial charge is 0.383 e. The van der Waals surface area contributed by atoms with E-state index in [-0.39, 0.29) is 5.91 Å². The van der Waals surface area contributed by atoms with Crippen molar-refractivity contribution in [1.29, 1.82) is 0 Å². The topological polar surface area (TPSA) is 45.7 Å². The molecular formula is C15H22ClN3O2. The third kappa shape index (κ3) is 4.40. The lowest BCUT2D eigenvalue weighted by Gasteiger charge is -2.22. The van der Waals surface area contributed by atoms with Gasteiger partial charge in [0.15, 0.2) is 0 Å². The Morgan fingerprint density at radius 1 is 1.38 bits per heavy atom. The number of hydrogen-bond acceptors (Lipinski definition) is 4. The van der Waals surface area contributed by atoms with Crippen molar-refractivity contribution in [2.75, 3.05) is 46.4 Å². The molecule has 1 aliphatic rings. The summed E-state index contributed by atoms with van der Waals surface area (Å²) >= 11 is 6.17. The molecule has 0 atom stereocenters. The predicted octanol–water partition coefficient (Wildman–Crippen LogP) is 1.84. The minimum atomic E-state index is -0.0268. The number of carbonyl (C=O) groups is 1. The number of hydrogen-bond donors (Lipinski definition) is 0. The molecule has 0 aromatic carbocycles. The first-order chi connectivity index (χ1) is 10.1. The maximum absolute atomic E-state index is 12.6. The SMILES string of the molecule is COCCN1CCCN(C(=O)c2cnc(C)cc2Cl)CC1. The third-order valence-corrected chi connectivity index (χ3v) is 4.02. The van der Waals surface area contributed by atoms with Crippen molar-refractivity contribution in [3.63, 3.8) is 0 Å². The lowest BCUT2D eigenvalue weighted by molar-refractivity contribution is 0.0759. The summed E-state index contributed by atoms with van der Waals surface area (Å²) in [7, 11) is 1.71. The van der Waals surface area contributed by atoms with Crippen LogP contribution in [0, 0.1) is 6.92 Å². The molecule has 0 unspecified atom stereocenters. The fourth-order valence-electron chi connectivity index (χ4n) is 2.47. The molecule has 0 N–H and O–H groups in total. The number of carbonyl (C=O) groups excluding carboxylic acids is 1. The quantitative estimate of drug-likeness (QED) is 0.851. The van der Waals surface area contributed by atoms with E-state index in [4.69, 9.17) is 16.3 Å². The molecule has 21 heavy (non-hydrogen) atoms. The number of ether oxygens (including phenoxy) is 1. The van der Waals surface area contributed by atoms with Gasteiger partial charge in [-0.15, -0.1) is 0 Å². The van der Waals surface area contributed by atoms with E-state index in [1.807, 2.05) is 11.8 Å². The van der Waals surface area contributed by atoms with E-state index in [0.29, 0.717) is 17.1 Å².